The van der Waals surface area contributed by atoms with Gasteiger partial charge in [0.25, 0.3) is 0 Å². The molecule has 1 rings (SSSR count). The fraction of sp³-hybridized carbons (Fsp3) is 0.500. The summed E-state index contributed by atoms with van der Waals surface area (Å²) in [6, 6.07) is 0. The van der Waals surface area contributed by atoms with Gasteiger partial charge >= 0.3 is 11.9 Å². The number of nitrogens with one attached hydrogen (secondary N) is 1. The molecule has 0 bridgehead atoms. The summed E-state index contributed by atoms with van der Waals surface area (Å²) in [6.07, 6.45) is 9.96. The molecule has 1 N–H and O–H groups in total. The Morgan fingerprint density at radius 2 is 1.47 bits per heavy atom. The molecule has 1 fully saturated rings. The zero-order valence-electron chi connectivity index (χ0n) is 9.27. The lowest BCUT2D eigenvalue weighted by atomic mass is 9.96. The molecule has 0 amide bonds. The number of esters is 2. The van der Waals surface area contributed by atoms with Gasteiger partial charge in [-0.25, -0.2) is 0 Å². The normalized spacial score (nSPS) is 22.2. The Hall–Kier alpha value is -1.98. The Kier molecular flexibility index (Phi) is 5.06. The molecule has 1 aliphatic rings. The number of hydrogen-bond acceptors (Lipinski definition) is 5. The number of carbonyl (C=O) groups is 2. The first-order valence-electron chi connectivity index (χ1n) is 5.11. The summed E-state index contributed by atoms with van der Waals surface area (Å²) in [6.45, 7) is 0.557. The molecule has 1 saturated heterocycles. The van der Waals surface area contributed by atoms with Crippen LogP contribution in [0.5, 0.6) is 0 Å². The molecule has 0 aromatic heterocycles. The van der Waals surface area contributed by atoms with Crippen molar-refractivity contribution in [1.82, 2.24) is 5.32 Å². The lowest BCUT2D eigenvalue weighted by molar-refractivity contribution is -0.156. The lowest BCUT2D eigenvalue weighted by Gasteiger charge is -2.14. The summed E-state index contributed by atoms with van der Waals surface area (Å²) >= 11 is 0. The van der Waals surface area contributed by atoms with E-state index in [-0.39, 0.29) is 13.2 Å². The van der Waals surface area contributed by atoms with Gasteiger partial charge in [-0.15, -0.1) is 12.8 Å². The second-order valence-corrected chi connectivity index (χ2v) is 3.49. The van der Waals surface area contributed by atoms with Gasteiger partial charge < -0.3 is 14.8 Å². The standard InChI is InChI=1S/C12H13NO4/c1-3-5-16-11(14)9-7-13-8-10(9)12(15)17-6-4-2/h1-2,9-10,13H,5-8H2. The molecule has 90 valence electrons. The van der Waals surface area contributed by atoms with E-state index in [1.54, 1.807) is 0 Å². The van der Waals surface area contributed by atoms with Gasteiger partial charge in [0.15, 0.2) is 13.2 Å². The van der Waals surface area contributed by atoms with Crippen molar-refractivity contribution in [2.45, 2.75) is 0 Å². The van der Waals surface area contributed by atoms with Gasteiger partial charge in [0.1, 0.15) is 0 Å². The third kappa shape index (κ3) is 3.51. The molecule has 0 aromatic rings. The van der Waals surface area contributed by atoms with Crippen molar-refractivity contribution in [1.29, 1.82) is 0 Å². The van der Waals surface area contributed by atoms with Crippen molar-refractivity contribution >= 4 is 11.9 Å². The Balaban J connectivity index is 2.54. The third-order valence-electron chi connectivity index (χ3n) is 2.42. The van der Waals surface area contributed by atoms with Crippen LogP contribution in [0.15, 0.2) is 0 Å². The fourth-order valence-corrected chi connectivity index (χ4v) is 1.61. The minimum absolute atomic E-state index is 0.0958. The monoisotopic (exact) mass is 235 g/mol. The number of carbonyl (C=O) groups excluding carboxylic acids is 2. The second-order valence-electron chi connectivity index (χ2n) is 3.49. The molecule has 2 unspecified atom stereocenters. The van der Waals surface area contributed by atoms with Crippen molar-refractivity contribution in [3.8, 4) is 24.7 Å². The molecule has 5 nitrogen and oxygen atoms in total. The first-order chi connectivity index (χ1) is 8.20. The van der Waals surface area contributed by atoms with E-state index < -0.39 is 23.8 Å². The van der Waals surface area contributed by atoms with E-state index in [0.29, 0.717) is 13.1 Å². The van der Waals surface area contributed by atoms with Crippen LogP contribution in [0.1, 0.15) is 0 Å². The van der Waals surface area contributed by atoms with Crippen molar-refractivity contribution in [2.24, 2.45) is 11.8 Å². The van der Waals surface area contributed by atoms with E-state index in [4.69, 9.17) is 22.3 Å². The number of hydrogen-bond donors (Lipinski definition) is 1. The zero-order chi connectivity index (χ0) is 12.7. The summed E-state index contributed by atoms with van der Waals surface area (Å²) in [5.41, 5.74) is 0. The maximum atomic E-state index is 11.6. The summed E-state index contributed by atoms with van der Waals surface area (Å²) in [4.78, 5) is 23.2. The number of terminal acetylenes is 2. The second kappa shape index (κ2) is 6.57. The van der Waals surface area contributed by atoms with Crippen molar-refractivity contribution in [3.63, 3.8) is 0 Å². The molecule has 0 radical (unpaired) electrons. The lowest BCUT2D eigenvalue weighted by Crippen LogP contribution is -2.31. The number of rotatable bonds is 4. The summed E-state index contributed by atoms with van der Waals surface area (Å²) in [7, 11) is 0. The SMILES string of the molecule is C#CCOC(=O)C1CNCC1C(=O)OCC#C. The van der Waals surface area contributed by atoms with E-state index >= 15 is 0 Å². The molecule has 0 saturated carbocycles. The van der Waals surface area contributed by atoms with Gasteiger partial charge in [-0.05, 0) is 0 Å². The molecule has 17 heavy (non-hydrogen) atoms. The molecule has 5 heteroatoms. The molecule has 0 aliphatic carbocycles. The first kappa shape index (κ1) is 13.1. The average Bonchev–Trinajstić information content (AvgIpc) is 2.82. The van der Waals surface area contributed by atoms with Crippen LogP contribution >= 0.6 is 0 Å². The molecule has 0 aromatic carbocycles. The van der Waals surface area contributed by atoms with Crippen LogP contribution in [0.2, 0.25) is 0 Å². The van der Waals surface area contributed by atoms with Crippen molar-refractivity contribution in [3.05, 3.63) is 0 Å². The van der Waals surface area contributed by atoms with Gasteiger partial charge in [-0.3, -0.25) is 9.59 Å². The molecule has 1 aliphatic heterocycles. The quantitative estimate of drug-likeness (QED) is 0.509. The highest BCUT2D eigenvalue weighted by Crippen LogP contribution is 2.19. The van der Waals surface area contributed by atoms with E-state index in [9.17, 15) is 9.59 Å². The van der Waals surface area contributed by atoms with Gasteiger partial charge in [-0.1, -0.05) is 11.8 Å². The van der Waals surface area contributed by atoms with Crippen LogP contribution < -0.4 is 5.32 Å². The molecule has 2 atom stereocenters. The van der Waals surface area contributed by atoms with Crippen LogP contribution in [-0.4, -0.2) is 38.2 Å². The van der Waals surface area contributed by atoms with Crippen LogP contribution in [-0.2, 0) is 19.1 Å². The van der Waals surface area contributed by atoms with Gasteiger partial charge in [-0.2, -0.15) is 0 Å². The molecular formula is C12H13NO4. The van der Waals surface area contributed by atoms with Crippen LogP contribution in [0.3, 0.4) is 0 Å². The molecule has 1 heterocycles. The van der Waals surface area contributed by atoms with Crippen LogP contribution in [0.25, 0.3) is 0 Å². The zero-order valence-corrected chi connectivity index (χ0v) is 9.27. The largest absolute Gasteiger partial charge is 0.452 e. The Morgan fingerprint density at radius 1 is 1.06 bits per heavy atom. The van der Waals surface area contributed by atoms with Gasteiger partial charge in [0.05, 0.1) is 11.8 Å². The first-order valence-corrected chi connectivity index (χ1v) is 5.11. The van der Waals surface area contributed by atoms with Crippen molar-refractivity contribution in [2.75, 3.05) is 26.3 Å². The van der Waals surface area contributed by atoms with Gasteiger partial charge in [0.2, 0.25) is 0 Å². The van der Waals surface area contributed by atoms with Gasteiger partial charge in [0, 0.05) is 13.1 Å². The third-order valence-corrected chi connectivity index (χ3v) is 2.42. The molecule has 0 spiro atoms. The van der Waals surface area contributed by atoms with Crippen LogP contribution in [0.4, 0.5) is 0 Å². The highest BCUT2D eigenvalue weighted by atomic mass is 16.5. The smallest absolute Gasteiger partial charge is 0.312 e. The van der Waals surface area contributed by atoms with E-state index in [0.717, 1.165) is 0 Å². The summed E-state index contributed by atoms with van der Waals surface area (Å²) in [5, 5.41) is 2.93. The maximum absolute atomic E-state index is 11.6. The van der Waals surface area contributed by atoms with Crippen molar-refractivity contribution < 1.29 is 19.1 Å². The highest BCUT2D eigenvalue weighted by molar-refractivity contribution is 5.83. The maximum Gasteiger partial charge on any atom is 0.312 e. The number of ether oxygens (including phenoxy) is 2. The Labute approximate surface area is 99.8 Å². The minimum Gasteiger partial charge on any atom is -0.452 e. The van der Waals surface area contributed by atoms with E-state index in [1.165, 1.54) is 0 Å². The predicted octanol–water partition coefficient (Wildman–Crippen LogP) is -0.825. The predicted molar refractivity (Wildman–Crippen MR) is 59.4 cm³/mol. The highest BCUT2D eigenvalue weighted by Gasteiger charge is 2.39. The average molecular weight is 235 g/mol. The topological polar surface area (TPSA) is 64.6 Å². The van der Waals surface area contributed by atoms with E-state index in [2.05, 4.69) is 17.2 Å². The summed E-state index contributed by atoms with van der Waals surface area (Å²) in [5.74, 6) is 2.29. The summed E-state index contributed by atoms with van der Waals surface area (Å²) < 4.78 is 9.59. The Bertz CT molecular complexity index is 341. The molecular weight excluding hydrogens is 222 g/mol. The van der Waals surface area contributed by atoms with Crippen LogP contribution in [0, 0.1) is 36.5 Å². The Morgan fingerprint density at radius 3 is 1.82 bits per heavy atom. The van der Waals surface area contributed by atoms with E-state index in [1.807, 2.05) is 0 Å². The fourth-order valence-electron chi connectivity index (χ4n) is 1.61. The minimum atomic E-state index is -0.561.